The molecule has 0 saturated carbocycles. The summed E-state index contributed by atoms with van der Waals surface area (Å²) in [4.78, 5) is 11.4. The first kappa shape index (κ1) is 11.9. The van der Waals surface area contributed by atoms with Crippen molar-refractivity contribution >= 4 is 23.2 Å². The lowest BCUT2D eigenvalue weighted by Gasteiger charge is -2.11. The van der Waals surface area contributed by atoms with E-state index in [1.165, 1.54) is 12.1 Å². The topological polar surface area (TPSA) is 55.1 Å². The smallest absolute Gasteiger partial charge is 0.241 e. The third-order valence-electron chi connectivity index (χ3n) is 1.97. The number of hydrogen-bond donors (Lipinski definition) is 2. The molecule has 1 unspecified atom stereocenters. The highest BCUT2D eigenvalue weighted by Crippen LogP contribution is 2.22. The van der Waals surface area contributed by atoms with E-state index in [1.54, 1.807) is 6.92 Å². The fourth-order valence-corrected chi connectivity index (χ4v) is 1.22. The molecule has 1 rings (SSSR count). The highest BCUT2D eigenvalue weighted by Gasteiger charge is 2.12. The Morgan fingerprint density at radius 2 is 2.33 bits per heavy atom. The number of rotatable bonds is 3. The second-order valence-electron chi connectivity index (χ2n) is 3.13. The summed E-state index contributed by atoms with van der Waals surface area (Å²) < 4.78 is 12.7. The van der Waals surface area contributed by atoms with Crippen LogP contribution in [0.25, 0.3) is 0 Å². The second-order valence-corrected chi connectivity index (χ2v) is 3.54. The van der Waals surface area contributed by atoms with Crippen LogP contribution in [0.3, 0.4) is 0 Å². The van der Waals surface area contributed by atoms with Crippen molar-refractivity contribution in [3.8, 4) is 0 Å². The molecular formula is C10H12ClFN2O. The molecule has 15 heavy (non-hydrogen) atoms. The molecule has 0 bridgehead atoms. The first-order valence-electron chi connectivity index (χ1n) is 4.56. The molecule has 1 aromatic rings. The third kappa shape index (κ3) is 3.18. The average molecular weight is 231 g/mol. The lowest BCUT2D eigenvalue weighted by Crippen LogP contribution is -2.34. The molecule has 1 aromatic carbocycles. The molecule has 1 amide bonds. The maximum Gasteiger partial charge on any atom is 0.241 e. The molecule has 82 valence electrons. The highest BCUT2D eigenvalue weighted by atomic mass is 35.5. The van der Waals surface area contributed by atoms with Crippen molar-refractivity contribution in [3.63, 3.8) is 0 Å². The second kappa shape index (κ2) is 5.09. The molecular weight excluding hydrogens is 219 g/mol. The van der Waals surface area contributed by atoms with Gasteiger partial charge in [-0.1, -0.05) is 18.5 Å². The number of anilines is 1. The number of halogens is 2. The number of carbonyl (C=O) groups excluding carboxylic acids is 1. The van der Waals surface area contributed by atoms with Crippen LogP contribution in [0.5, 0.6) is 0 Å². The first-order valence-corrected chi connectivity index (χ1v) is 4.94. The zero-order valence-corrected chi connectivity index (χ0v) is 9.01. The fraction of sp³-hybridized carbons (Fsp3) is 0.300. The monoisotopic (exact) mass is 230 g/mol. The summed E-state index contributed by atoms with van der Waals surface area (Å²) >= 11 is 5.73. The predicted molar refractivity (Wildman–Crippen MR) is 58.3 cm³/mol. The predicted octanol–water partition coefficient (Wildman–Crippen LogP) is 2.15. The lowest BCUT2D eigenvalue weighted by molar-refractivity contribution is -0.117. The van der Waals surface area contributed by atoms with Crippen LogP contribution in [0.4, 0.5) is 10.1 Å². The zero-order chi connectivity index (χ0) is 11.4. The van der Waals surface area contributed by atoms with Crippen molar-refractivity contribution in [1.29, 1.82) is 0 Å². The first-order chi connectivity index (χ1) is 7.04. The van der Waals surface area contributed by atoms with Gasteiger partial charge >= 0.3 is 0 Å². The van der Waals surface area contributed by atoms with Crippen LogP contribution in [0, 0.1) is 5.82 Å². The summed E-state index contributed by atoms with van der Waals surface area (Å²) in [6.45, 7) is 1.80. The van der Waals surface area contributed by atoms with Gasteiger partial charge in [-0.3, -0.25) is 4.79 Å². The van der Waals surface area contributed by atoms with Gasteiger partial charge < -0.3 is 11.1 Å². The summed E-state index contributed by atoms with van der Waals surface area (Å²) in [5.41, 5.74) is 5.88. The van der Waals surface area contributed by atoms with Crippen molar-refractivity contribution in [2.24, 2.45) is 5.73 Å². The zero-order valence-electron chi connectivity index (χ0n) is 8.26. The van der Waals surface area contributed by atoms with Gasteiger partial charge in [-0.2, -0.15) is 0 Å². The number of carbonyl (C=O) groups is 1. The van der Waals surface area contributed by atoms with E-state index >= 15 is 0 Å². The summed E-state index contributed by atoms with van der Waals surface area (Å²) in [5.74, 6) is -0.774. The Labute approximate surface area is 92.4 Å². The molecule has 5 heteroatoms. The van der Waals surface area contributed by atoms with Gasteiger partial charge in [0.25, 0.3) is 0 Å². The van der Waals surface area contributed by atoms with Gasteiger partial charge in [0.1, 0.15) is 5.82 Å². The minimum Gasteiger partial charge on any atom is -0.323 e. The molecule has 3 nitrogen and oxygen atoms in total. The van der Waals surface area contributed by atoms with Crippen molar-refractivity contribution in [2.75, 3.05) is 5.32 Å². The largest absolute Gasteiger partial charge is 0.323 e. The minimum absolute atomic E-state index is 0.159. The molecule has 0 aromatic heterocycles. The Kier molecular flexibility index (Phi) is 4.05. The van der Waals surface area contributed by atoms with Crippen LogP contribution in [0.2, 0.25) is 5.02 Å². The van der Waals surface area contributed by atoms with E-state index in [9.17, 15) is 9.18 Å². The van der Waals surface area contributed by atoms with Crippen molar-refractivity contribution in [1.82, 2.24) is 0 Å². The molecule has 3 N–H and O–H groups in total. The number of hydrogen-bond acceptors (Lipinski definition) is 2. The normalized spacial score (nSPS) is 12.3. The molecule has 0 aliphatic carbocycles. The molecule has 1 atom stereocenters. The Hall–Kier alpha value is -1.13. The molecule has 0 saturated heterocycles. The van der Waals surface area contributed by atoms with Crippen molar-refractivity contribution in [3.05, 3.63) is 29.0 Å². The van der Waals surface area contributed by atoms with Crippen LogP contribution >= 0.6 is 11.6 Å². The summed E-state index contributed by atoms with van der Waals surface area (Å²) in [6.07, 6.45) is 0.532. The van der Waals surface area contributed by atoms with Gasteiger partial charge in [-0.15, -0.1) is 0 Å². The summed E-state index contributed by atoms with van der Waals surface area (Å²) in [6, 6.07) is 3.18. The Balaban J connectivity index is 2.77. The summed E-state index contributed by atoms with van der Waals surface area (Å²) in [7, 11) is 0. The van der Waals surface area contributed by atoms with Crippen LogP contribution in [0.15, 0.2) is 18.2 Å². The van der Waals surface area contributed by atoms with E-state index in [1.807, 2.05) is 0 Å². The SMILES string of the molecule is CCC(N)C(=O)Nc1ccc(F)cc1Cl. The fourth-order valence-electron chi connectivity index (χ4n) is 1.00. The number of benzene rings is 1. The van der Waals surface area contributed by atoms with Gasteiger partial charge in [0.15, 0.2) is 0 Å². The van der Waals surface area contributed by atoms with Gasteiger partial charge in [-0.25, -0.2) is 4.39 Å². The van der Waals surface area contributed by atoms with Crippen LogP contribution in [0.1, 0.15) is 13.3 Å². The van der Waals surface area contributed by atoms with Crippen molar-refractivity contribution < 1.29 is 9.18 Å². The minimum atomic E-state index is -0.578. The molecule has 0 aliphatic heterocycles. The standard InChI is InChI=1S/C10H12ClFN2O/c1-2-8(13)10(15)14-9-4-3-6(12)5-7(9)11/h3-5,8H,2,13H2,1H3,(H,14,15). The number of amides is 1. The van der Waals surface area contributed by atoms with E-state index in [4.69, 9.17) is 17.3 Å². The number of nitrogens with two attached hydrogens (primary N) is 1. The lowest BCUT2D eigenvalue weighted by atomic mass is 10.2. The average Bonchev–Trinajstić information content (AvgIpc) is 2.20. The van der Waals surface area contributed by atoms with Gasteiger partial charge in [0, 0.05) is 0 Å². The number of nitrogens with one attached hydrogen (secondary N) is 1. The van der Waals surface area contributed by atoms with Gasteiger partial charge in [0.05, 0.1) is 16.8 Å². The molecule has 0 radical (unpaired) electrons. The van der Waals surface area contributed by atoms with Gasteiger partial charge in [0.2, 0.25) is 5.91 Å². The van der Waals surface area contributed by atoms with E-state index in [0.29, 0.717) is 12.1 Å². The van der Waals surface area contributed by atoms with E-state index in [0.717, 1.165) is 6.07 Å². The Morgan fingerprint density at radius 1 is 1.67 bits per heavy atom. The van der Waals surface area contributed by atoms with Crippen molar-refractivity contribution in [2.45, 2.75) is 19.4 Å². The highest BCUT2D eigenvalue weighted by molar-refractivity contribution is 6.33. The van der Waals surface area contributed by atoms with E-state index in [-0.39, 0.29) is 10.9 Å². The summed E-state index contributed by atoms with van der Waals surface area (Å²) in [5, 5.41) is 2.68. The third-order valence-corrected chi connectivity index (χ3v) is 2.28. The molecule has 0 heterocycles. The maximum atomic E-state index is 12.7. The van der Waals surface area contributed by atoms with Crippen LogP contribution in [-0.4, -0.2) is 11.9 Å². The van der Waals surface area contributed by atoms with Crippen LogP contribution in [-0.2, 0) is 4.79 Å². The quantitative estimate of drug-likeness (QED) is 0.836. The molecule has 0 spiro atoms. The van der Waals surface area contributed by atoms with E-state index in [2.05, 4.69) is 5.32 Å². The maximum absolute atomic E-state index is 12.7. The van der Waals surface area contributed by atoms with Gasteiger partial charge in [-0.05, 0) is 24.6 Å². The molecule has 0 aliphatic rings. The Bertz CT molecular complexity index is 370. The van der Waals surface area contributed by atoms with Crippen LogP contribution < -0.4 is 11.1 Å². The molecule has 0 fully saturated rings. The van der Waals surface area contributed by atoms with E-state index < -0.39 is 11.9 Å². The Morgan fingerprint density at radius 3 is 2.87 bits per heavy atom.